The molecule has 0 aliphatic rings. The zero-order valence-electron chi connectivity index (χ0n) is 14.4. The van der Waals surface area contributed by atoms with Crippen LogP contribution in [0.5, 0.6) is 0 Å². The third-order valence-corrected chi connectivity index (χ3v) is 3.72. The lowest BCUT2D eigenvalue weighted by Gasteiger charge is -2.15. The molecule has 0 radical (unpaired) electrons. The molecule has 0 saturated heterocycles. The van der Waals surface area contributed by atoms with Gasteiger partial charge < -0.3 is 16.5 Å². The summed E-state index contributed by atoms with van der Waals surface area (Å²) in [7, 11) is 0. The summed E-state index contributed by atoms with van der Waals surface area (Å²) in [6.07, 6.45) is 5.00. The van der Waals surface area contributed by atoms with Gasteiger partial charge in [0.1, 0.15) is 0 Å². The first-order valence-corrected chi connectivity index (χ1v) is 8.08. The average molecular weight is 358 g/mol. The molecule has 0 unspecified atom stereocenters. The highest BCUT2D eigenvalue weighted by Crippen LogP contribution is 2.21. The van der Waals surface area contributed by atoms with Crippen LogP contribution in [0.4, 0.5) is 5.95 Å². The van der Waals surface area contributed by atoms with Gasteiger partial charge in [-0.2, -0.15) is 5.26 Å². The number of nitrogens with zero attached hydrogens (tertiary/aromatic N) is 5. The van der Waals surface area contributed by atoms with E-state index in [9.17, 15) is 0 Å². The monoisotopic (exact) mass is 358 g/mol. The van der Waals surface area contributed by atoms with Crippen LogP contribution < -0.4 is 17.3 Å². The van der Waals surface area contributed by atoms with Gasteiger partial charge in [0.2, 0.25) is 5.95 Å². The van der Waals surface area contributed by atoms with Gasteiger partial charge in [0.05, 0.1) is 35.3 Å². The fraction of sp³-hybridized carbons (Fsp3) is 0.0526. The van der Waals surface area contributed by atoms with Crippen LogP contribution in [0.3, 0.4) is 0 Å². The van der Waals surface area contributed by atoms with Crippen LogP contribution in [0.1, 0.15) is 16.8 Å². The molecular weight excluding hydrogens is 340 g/mol. The Morgan fingerprint density at radius 1 is 1.19 bits per heavy atom. The van der Waals surface area contributed by atoms with Gasteiger partial charge in [-0.25, -0.2) is 15.8 Å². The molecule has 0 amide bonds. The van der Waals surface area contributed by atoms with Crippen LogP contribution in [-0.4, -0.2) is 20.0 Å². The lowest BCUT2D eigenvalue weighted by atomic mass is 10.1. The minimum absolute atomic E-state index is 0.0806. The molecule has 0 fully saturated rings. The Morgan fingerprint density at radius 2 is 2.04 bits per heavy atom. The highest BCUT2D eigenvalue weighted by atomic mass is 15.4. The topological polar surface area (TPSA) is 144 Å². The van der Waals surface area contributed by atoms with Gasteiger partial charge in [-0.05, 0) is 29.8 Å². The SMILES string of the molecule is N#Cc1cccc(-c2cc(/C(N)=C/N(N)Cc3cccnc3)nc(N)n2)c1. The van der Waals surface area contributed by atoms with Crippen LogP contribution >= 0.6 is 0 Å². The molecule has 134 valence electrons. The van der Waals surface area contributed by atoms with E-state index in [2.05, 4.69) is 21.0 Å². The molecule has 1 aromatic carbocycles. The number of nitrogen functional groups attached to an aromatic ring is 1. The molecular formula is C19H18N8. The number of hydrogen-bond acceptors (Lipinski definition) is 8. The highest BCUT2D eigenvalue weighted by molar-refractivity contribution is 5.68. The van der Waals surface area contributed by atoms with E-state index in [0.717, 1.165) is 11.1 Å². The molecule has 0 bridgehead atoms. The maximum atomic E-state index is 9.07. The summed E-state index contributed by atoms with van der Waals surface area (Å²) in [5.74, 6) is 6.09. The second-order valence-corrected chi connectivity index (χ2v) is 5.81. The molecule has 0 saturated carbocycles. The highest BCUT2D eigenvalue weighted by Gasteiger charge is 2.09. The number of anilines is 1. The molecule has 8 heteroatoms. The number of nitrogens with two attached hydrogens (primary N) is 3. The van der Waals surface area contributed by atoms with Gasteiger partial charge in [0.15, 0.2) is 0 Å². The lowest BCUT2D eigenvalue weighted by molar-refractivity contribution is 0.387. The number of hydrazine groups is 1. The number of nitriles is 1. The molecule has 0 atom stereocenters. The van der Waals surface area contributed by atoms with Crippen LogP contribution in [0.2, 0.25) is 0 Å². The van der Waals surface area contributed by atoms with Gasteiger partial charge in [-0.1, -0.05) is 18.2 Å². The number of benzene rings is 1. The molecule has 0 aliphatic carbocycles. The fourth-order valence-electron chi connectivity index (χ4n) is 2.50. The summed E-state index contributed by atoms with van der Waals surface area (Å²) in [5, 5.41) is 10.5. The summed E-state index contributed by atoms with van der Waals surface area (Å²) < 4.78 is 0. The number of hydrogen-bond donors (Lipinski definition) is 3. The zero-order valence-corrected chi connectivity index (χ0v) is 14.4. The van der Waals surface area contributed by atoms with E-state index in [0.29, 0.717) is 29.2 Å². The van der Waals surface area contributed by atoms with Gasteiger partial charge in [0, 0.05) is 24.2 Å². The Labute approximate surface area is 156 Å². The van der Waals surface area contributed by atoms with E-state index in [4.69, 9.17) is 22.6 Å². The Bertz CT molecular complexity index is 1010. The standard InChI is InChI=1S/C19H18N8/c20-9-13-3-1-5-15(7-13)17-8-18(26-19(22)25-17)16(21)12-27(23)11-14-4-2-6-24-10-14/h1-8,10,12H,11,21,23H2,(H2,22,25,26)/b16-12-. The Morgan fingerprint density at radius 3 is 2.78 bits per heavy atom. The maximum Gasteiger partial charge on any atom is 0.221 e. The normalized spacial score (nSPS) is 11.0. The summed E-state index contributed by atoms with van der Waals surface area (Å²) >= 11 is 0. The van der Waals surface area contributed by atoms with E-state index >= 15 is 0 Å². The van der Waals surface area contributed by atoms with Crippen molar-refractivity contribution in [2.45, 2.75) is 6.54 Å². The molecule has 3 rings (SSSR count). The number of aromatic nitrogens is 3. The molecule has 6 N–H and O–H groups in total. The number of pyridine rings is 1. The summed E-state index contributed by atoms with van der Waals surface area (Å²) in [6, 6.07) is 14.6. The predicted octanol–water partition coefficient (Wildman–Crippen LogP) is 1.63. The minimum atomic E-state index is 0.0806. The Kier molecular flexibility index (Phi) is 5.25. The van der Waals surface area contributed by atoms with Crippen molar-refractivity contribution in [2.75, 3.05) is 5.73 Å². The molecule has 0 spiro atoms. The average Bonchev–Trinajstić information content (AvgIpc) is 2.68. The minimum Gasteiger partial charge on any atom is -0.396 e. The van der Waals surface area contributed by atoms with Crippen molar-refractivity contribution in [1.82, 2.24) is 20.0 Å². The maximum absolute atomic E-state index is 9.07. The first-order chi connectivity index (χ1) is 13.0. The summed E-state index contributed by atoms with van der Waals surface area (Å²) in [6.45, 7) is 0.437. The quantitative estimate of drug-likeness (QED) is 0.461. The van der Waals surface area contributed by atoms with E-state index in [1.165, 1.54) is 5.01 Å². The van der Waals surface area contributed by atoms with Crippen molar-refractivity contribution in [2.24, 2.45) is 11.6 Å². The second-order valence-electron chi connectivity index (χ2n) is 5.81. The van der Waals surface area contributed by atoms with Crippen molar-refractivity contribution < 1.29 is 0 Å². The van der Waals surface area contributed by atoms with Gasteiger partial charge >= 0.3 is 0 Å². The first kappa shape index (κ1) is 17.8. The van der Waals surface area contributed by atoms with Gasteiger partial charge in [0.25, 0.3) is 0 Å². The molecule has 2 heterocycles. The molecule has 8 nitrogen and oxygen atoms in total. The van der Waals surface area contributed by atoms with Crippen LogP contribution in [0.15, 0.2) is 61.1 Å². The van der Waals surface area contributed by atoms with Crippen molar-refractivity contribution in [3.05, 3.63) is 77.9 Å². The molecule has 0 aliphatic heterocycles. The van der Waals surface area contributed by atoms with Crippen molar-refractivity contribution in [1.29, 1.82) is 5.26 Å². The lowest BCUT2D eigenvalue weighted by Crippen LogP contribution is -2.26. The van der Waals surface area contributed by atoms with Crippen molar-refractivity contribution in [3.8, 4) is 17.3 Å². The molecule has 2 aromatic heterocycles. The third-order valence-electron chi connectivity index (χ3n) is 3.72. The first-order valence-electron chi connectivity index (χ1n) is 8.08. The van der Waals surface area contributed by atoms with Crippen LogP contribution in [0, 0.1) is 11.3 Å². The van der Waals surface area contributed by atoms with Crippen molar-refractivity contribution in [3.63, 3.8) is 0 Å². The fourth-order valence-corrected chi connectivity index (χ4v) is 2.50. The smallest absolute Gasteiger partial charge is 0.221 e. The molecule has 3 aromatic rings. The molecule has 27 heavy (non-hydrogen) atoms. The van der Waals surface area contributed by atoms with E-state index in [-0.39, 0.29) is 5.95 Å². The zero-order chi connectivity index (χ0) is 19.2. The second kappa shape index (κ2) is 7.95. The number of rotatable bonds is 5. The Balaban J connectivity index is 1.87. The summed E-state index contributed by atoms with van der Waals surface area (Å²) in [4.78, 5) is 12.5. The largest absolute Gasteiger partial charge is 0.396 e. The van der Waals surface area contributed by atoms with Gasteiger partial charge in [-0.15, -0.1) is 0 Å². The predicted molar refractivity (Wildman–Crippen MR) is 103 cm³/mol. The van der Waals surface area contributed by atoms with E-state index in [1.807, 2.05) is 18.2 Å². The van der Waals surface area contributed by atoms with E-state index in [1.54, 1.807) is 42.9 Å². The van der Waals surface area contributed by atoms with Gasteiger partial charge in [-0.3, -0.25) is 4.98 Å². The van der Waals surface area contributed by atoms with E-state index < -0.39 is 0 Å². The summed E-state index contributed by atoms with van der Waals surface area (Å²) in [5.41, 5.74) is 15.6. The van der Waals surface area contributed by atoms with Crippen LogP contribution in [-0.2, 0) is 6.54 Å². The van der Waals surface area contributed by atoms with Crippen molar-refractivity contribution >= 4 is 11.6 Å². The van der Waals surface area contributed by atoms with Crippen LogP contribution in [0.25, 0.3) is 17.0 Å². The third kappa shape index (κ3) is 4.56. The Hall–Kier alpha value is -3.96.